The summed E-state index contributed by atoms with van der Waals surface area (Å²) in [7, 11) is -1.19. The number of hydrogen-bond acceptors (Lipinski definition) is 5. The van der Waals surface area contributed by atoms with Crippen molar-refractivity contribution in [3.05, 3.63) is 0 Å². The molecule has 7 heteroatoms. The Morgan fingerprint density at radius 1 is 1.25 bits per heavy atom. The van der Waals surface area contributed by atoms with Gasteiger partial charge in [-0.1, -0.05) is 19.3 Å². The van der Waals surface area contributed by atoms with E-state index in [4.69, 9.17) is 10.0 Å². The maximum atomic E-state index is 11.3. The van der Waals surface area contributed by atoms with E-state index in [0.29, 0.717) is 12.4 Å². The van der Waals surface area contributed by atoms with Crippen molar-refractivity contribution in [2.24, 2.45) is 5.92 Å². The lowest BCUT2D eigenvalue weighted by atomic mass is 9.81. The Balaban J connectivity index is 1.73. The molecule has 3 unspecified atom stereocenters. The number of hydrogen-bond donors (Lipinski definition) is 4. The van der Waals surface area contributed by atoms with Crippen LogP contribution in [0.1, 0.15) is 38.5 Å². The van der Waals surface area contributed by atoms with Crippen molar-refractivity contribution in [1.29, 1.82) is 0 Å². The molecule has 1 saturated carbocycles. The second kappa shape index (κ2) is 7.40. The Kier molecular flexibility index (Phi) is 5.83. The van der Waals surface area contributed by atoms with Gasteiger partial charge in [-0.05, 0) is 32.1 Å². The molecule has 6 nitrogen and oxygen atoms in total. The van der Waals surface area contributed by atoms with Crippen molar-refractivity contribution < 1.29 is 19.9 Å². The highest BCUT2D eigenvalue weighted by atomic mass is 16.4. The van der Waals surface area contributed by atoms with Crippen LogP contribution in [-0.2, 0) is 4.79 Å². The number of rotatable bonds is 7. The predicted molar refractivity (Wildman–Crippen MR) is 76.1 cm³/mol. The van der Waals surface area contributed by atoms with E-state index in [2.05, 4.69) is 10.2 Å². The van der Waals surface area contributed by atoms with Gasteiger partial charge in [-0.2, -0.15) is 0 Å². The van der Waals surface area contributed by atoms with Gasteiger partial charge in [0, 0.05) is 18.8 Å². The van der Waals surface area contributed by atoms with Crippen LogP contribution in [0, 0.1) is 5.92 Å². The summed E-state index contributed by atoms with van der Waals surface area (Å²) in [6.45, 7) is 1.74. The Hall–Kier alpha value is -0.625. The van der Waals surface area contributed by atoms with Crippen LogP contribution in [0.3, 0.4) is 0 Å². The summed E-state index contributed by atoms with van der Waals surface area (Å²) in [6, 6.07) is 0.453. The van der Waals surface area contributed by atoms with Gasteiger partial charge in [-0.15, -0.1) is 0 Å². The van der Waals surface area contributed by atoms with Crippen molar-refractivity contribution in [1.82, 2.24) is 10.2 Å². The van der Waals surface area contributed by atoms with E-state index in [9.17, 15) is 9.90 Å². The summed E-state index contributed by atoms with van der Waals surface area (Å²) in [5.41, 5.74) is 0. The third-order valence-electron chi connectivity index (χ3n) is 4.59. The minimum atomic E-state index is -1.19. The first-order valence-electron chi connectivity index (χ1n) is 7.66. The van der Waals surface area contributed by atoms with Gasteiger partial charge in [0.05, 0.1) is 5.92 Å². The molecule has 2 aliphatic rings. The number of carbonyl (C=O) groups is 1. The quantitative estimate of drug-likeness (QED) is 0.392. The van der Waals surface area contributed by atoms with Crippen molar-refractivity contribution in [2.75, 3.05) is 13.2 Å². The minimum absolute atomic E-state index is 0.0977. The van der Waals surface area contributed by atoms with E-state index in [1.54, 1.807) is 0 Å². The smallest absolute Gasteiger partial charge is 0.451 e. The van der Waals surface area contributed by atoms with E-state index >= 15 is 0 Å². The first kappa shape index (κ1) is 15.8. The molecular formula is C13H25BN2O4. The summed E-state index contributed by atoms with van der Waals surface area (Å²) >= 11 is 0. The van der Waals surface area contributed by atoms with Crippen LogP contribution < -0.4 is 5.32 Å². The zero-order valence-corrected chi connectivity index (χ0v) is 11.9. The van der Waals surface area contributed by atoms with Gasteiger partial charge < -0.3 is 15.2 Å². The van der Waals surface area contributed by atoms with E-state index in [1.807, 2.05) is 0 Å². The molecule has 2 fully saturated rings. The average Bonchev–Trinajstić information content (AvgIpc) is 2.81. The number of carboxylic acids is 1. The number of nitrogens with one attached hydrogen (secondary N) is 1. The Morgan fingerprint density at radius 2 is 2.05 bits per heavy atom. The van der Waals surface area contributed by atoms with Gasteiger partial charge in [-0.25, -0.2) is 0 Å². The van der Waals surface area contributed by atoms with E-state index in [-0.39, 0.29) is 12.0 Å². The number of nitrogens with zero attached hydrogens (tertiary/aromatic N) is 1. The van der Waals surface area contributed by atoms with Gasteiger partial charge in [0.25, 0.3) is 0 Å². The minimum Gasteiger partial charge on any atom is -0.481 e. The monoisotopic (exact) mass is 284 g/mol. The van der Waals surface area contributed by atoms with Crippen molar-refractivity contribution in [2.45, 2.75) is 56.9 Å². The summed E-state index contributed by atoms with van der Waals surface area (Å²) < 4.78 is 0. The Bertz CT molecular complexity index is 329. The molecule has 2 rings (SSSR count). The average molecular weight is 284 g/mol. The molecule has 0 aromatic carbocycles. The molecule has 0 spiro atoms. The SMILES string of the molecule is O=C(O)C1CCCC2C1NCN2CCCCCB(O)O. The molecule has 1 heterocycles. The molecular weight excluding hydrogens is 259 g/mol. The van der Waals surface area contributed by atoms with E-state index < -0.39 is 13.1 Å². The zero-order chi connectivity index (χ0) is 14.5. The summed E-state index contributed by atoms with van der Waals surface area (Å²) in [5, 5.41) is 30.2. The summed E-state index contributed by atoms with van der Waals surface area (Å²) in [6.07, 6.45) is 6.12. The lowest BCUT2D eigenvalue weighted by Gasteiger charge is -2.34. The maximum absolute atomic E-state index is 11.3. The molecule has 1 aliphatic carbocycles. The van der Waals surface area contributed by atoms with Crippen LogP contribution >= 0.6 is 0 Å². The molecule has 3 atom stereocenters. The van der Waals surface area contributed by atoms with Gasteiger partial charge in [0.15, 0.2) is 0 Å². The lowest BCUT2D eigenvalue weighted by Crippen LogP contribution is -2.47. The largest absolute Gasteiger partial charge is 0.481 e. The highest BCUT2D eigenvalue weighted by molar-refractivity contribution is 6.40. The summed E-state index contributed by atoms with van der Waals surface area (Å²) in [4.78, 5) is 13.6. The van der Waals surface area contributed by atoms with Crippen LogP contribution in [0.15, 0.2) is 0 Å². The van der Waals surface area contributed by atoms with Crippen LogP contribution in [-0.4, -0.2) is 58.4 Å². The second-order valence-electron chi connectivity index (χ2n) is 5.97. The first-order chi connectivity index (χ1) is 9.59. The highest BCUT2D eigenvalue weighted by Crippen LogP contribution is 2.31. The molecule has 0 aromatic rings. The molecule has 1 saturated heterocycles. The molecule has 0 aromatic heterocycles. The van der Waals surface area contributed by atoms with Gasteiger partial charge >= 0.3 is 13.1 Å². The predicted octanol–water partition coefficient (Wildman–Crippen LogP) is 0.114. The first-order valence-corrected chi connectivity index (χ1v) is 7.66. The fourth-order valence-electron chi connectivity index (χ4n) is 3.54. The summed E-state index contributed by atoms with van der Waals surface area (Å²) in [5.74, 6) is -0.922. The van der Waals surface area contributed by atoms with Crippen molar-refractivity contribution in [3.8, 4) is 0 Å². The Morgan fingerprint density at radius 3 is 2.75 bits per heavy atom. The number of aliphatic carboxylic acids is 1. The van der Waals surface area contributed by atoms with Crippen LogP contribution in [0.4, 0.5) is 0 Å². The van der Waals surface area contributed by atoms with Crippen LogP contribution in [0.5, 0.6) is 0 Å². The van der Waals surface area contributed by atoms with Crippen molar-refractivity contribution in [3.63, 3.8) is 0 Å². The molecule has 20 heavy (non-hydrogen) atoms. The van der Waals surface area contributed by atoms with Gasteiger partial charge in [0.2, 0.25) is 0 Å². The lowest BCUT2D eigenvalue weighted by molar-refractivity contribution is -0.144. The highest BCUT2D eigenvalue weighted by Gasteiger charge is 2.43. The third-order valence-corrected chi connectivity index (χ3v) is 4.59. The number of unbranched alkanes of at least 4 members (excludes halogenated alkanes) is 2. The Labute approximate surface area is 120 Å². The molecule has 1 aliphatic heterocycles. The van der Waals surface area contributed by atoms with Gasteiger partial charge in [-0.3, -0.25) is 15.0 Å². The van der Waals surface area contributed by atoms with Crippen LogP contribution in [0.25, 0.3) is 0 Å². The molecule has 4 N–H and O–H groups in total. The zero-order valence-electron chi connectivity index (χ0n) is 11.9. The normalized spacial score (nSPS) is 30.2. The fraction of sp³-hybridized carbons (Fsp3) is 0.923. The standard InChI is InChI=1S/C13H25BN2O4/c17-13(18)10-5-4-6-11-12(10)15-9-16(11)8-3-1-2-7-14(19)20/h10-12,15,19-20H,1-9H2,(H,17,18). The molecule has 0 amide bonds. The van der Waals surface area contributed by atoms with E-state index in [1.165, 1.54) is 0 Å². The molecule has 0 radical (unpaired) electrons. The number of carboxylic acid groups (broad SMARTS) is 1. The topological polar surface area (TPSA) is 93.0 Å². The molecule has 0 bridgehead atoms. The maximum Gasteiger partial charge on any atom is 0.451 e. The fourth-order valence-corrected chi connectivity index (χ4v) is 3.54. The molecule has 114 valence electrons. The van der Waals surface area contributed by atoms with E-state index in [0.717, 1.165) is 51.7 Å². The third kappa shape index (κ3) is 3.94. The van der Waals surface area contributed by atoms with Gasteiger partial charge in [0.1, 0.15) is 0 Å². The second-order valence-corrected chi connectivity index (χ2v) is 5.97. The number of fused-ring (bicyclic) bond motifs is 1. The van der Waals surface area contributed by atoms with Crippen LogP contribution in [0.2, 0.25) is 6.32 Å². The van der Waals surface area contributed by atoms with Crippen molar-refractivity contribution >= 4 is 13.1 Å².